The van der Waals surface area contributed by atoms with Crippen LogP contribution in [0.3, 0.4) is 0 Å². The number of nitrogens with zero attached hydrogens (tertiary/aromatic N) is 2. The molecule has 0 amide bonds. The van der Waals surface area contributed by atoms with Gasteiger partial charge >= 0.3 is 0 Å². The molecule has 0 atom stereocenters. The largest absolute Gasteiger partial charge is 0.379 e. The zero-order chi connectivity index (χ0) is 14.5. The van der Waals surface area contributed by atoms with E-state index in [2.05, 4.69) is 17.3 Å². The minimum Gasteiger partial charge on any atom is -0.379 e. The summed E-state index contributed by atoms with van der Waals surface area (Å²) in [6.07, 6.45) is 4.80. The highest BCUT2D eigenvalue weighted by Gasteiger charge is 2.22. The summed E-state index contributed by atoms with van der Waals surface area (Å²) < 4.78 is 0. The van der Waals surface area contributed by atoms with Gasteiger partial charge in [-0.3, -0.25) is 15.0 Å². The normalized spacial score (nSPS) is 15.2. The first-order valence-electron chi connectivity index (χ1n) is 7.33. The van der Waals surface area contributed by atoms with Gasteiger partial charge < -0.3 is 5.32 Å². The second-order valence-corrected chi connectivity index (χ2v) is 5.54. The van der Waals surface area contributed by atoms with Gasteiger partial charge in [0.25, 0.3) is 5.69 Å². The molecule has 1 fully saturated rings. The highest BCUT2D eigenvalue weighted by molar-refractivity contribution is 5.62. The second kappa shape index (κ2) is 6.70. The summed E-state index contributed by atoms with van der Waals surface area (Å²) in [7, 11) is 2.13. The van der Waals surface area contributed by atoms with Gasteiger partial charge in [0.05, 0.1) is 4.92 Å². The molecule has 0 saturated heterocycles. The molecule has 1 aromatic rings. The summed E-state index contributed by atoms with van der Waals surface area (Å²) >= 11 is 0. The summed E-state index contributed by atoms with van der Waals surface area (Å²) in [6.45, 7) is 3.65. The van der Waals surface area contributed by atoms with E-state index in [4.69, 9.17) is 0 Å². The molecule has 20 heavy (non-hydrogen) atoms. The van der Waals surface area contributed by atoms with Crippen molar-refractivity contribution in [3.05, 3.63) is 33.9 Å². The van der Waals surface area contributed by atoms with Crippen molar-refractivity contribution in [3.63, 3.8) is 0 Å². The van der Waals surface area contributed by atoms with Crippen LogP contribution in [0.1, 0.15) is 38.2 Å². The Morgan fingerprint density at radius 1 is 1.45 bits per heavy atom. The van der Waals surface area contributed by atoms with Gasteiger partial charge in [0, 0.05) is 25.2 Å². The molecule has 0 heterocycles. The standard InChI is InChI=1S/C15H23N3O2/c1-3-9-16-14-10-12(7-8-15(14)18(19)20)11-17(2)13-5-4-6-13/h7-8,10,13,16H,3-6,9,11H2,1-2H3. The van der Waals surface area contributed by atoms with Crippen LogP contribution in [-0.2, 0) is 6.54 Å². The van der Waals surface area contributed by atoms with E-state index in [1.165, 1.54) is 19.3 Å². The molecule has 110 valence electrons. The van der Waals surface area contributed by atoms with Crippen molar-refractivity contribution in [3.8, 4) is 0 Å². The predicted molar refractivity (Wildman–Crippen MR) is 81.0 cm³/mol. The molecule has 5 heteroatoms. The Morgan fingerprint density at radius 3 is 2.75 bits per heavy atom. The van der Waals surface area contributed by atoms with Crippen molar-refractivity contribution in [1.29, 1.82) is 0 Å². The molecule has 1 N–H and O–H groups in total. The third-order valence-electron chi connectivity index (χ3n) is 3.95. The Hall–Kier alpha value is -1.62. The third-order valence-corrected chi connectivity index (χ3v) is 3.95. The van der Waals surface area contributed by atoms with Gasteiger partial charge in [0.15, 0.2) is 0 Å². The number of anilines is 1. The zero-order valence-corrected chi connectivity index (χ0v) is 12.3. The lowest BCUT2D eigenvalue weighted by atomic mass is 9.91. The fourth-order valence-electron chi connectivity index (χ4n) is 2.49. The van der Waals surface area contributed by atoms with E-state index in [9.17, 15) is 10.1 Å². The number of hydrogen-bond acceptors (Lipinski definition) is 4. The first kappa shape index (κ1) is 14.8. The van der Waals surface area contributed by atoms with Crippen LogP contribution in [0.25, 0.3) is 0 Å². The minimum atomic E-state index is -0.322. The molecule has 1 aromatic carbocycles. The van der Waals surface area contributed by atoms with Gasteiger partial charge in [-0.2, -0.15) is 0 Å². The summed E-state index contributed by atoms with van der Waals surface area (Å²) in [5, 5.41) is 14.2. The Bertz CT molecular complexity index is 472. The van der Waals surface area contributed by atoms with E-state index < -0.39 is 0 Å². The Labute approximate surface area is 120 Å². The number of nitro groups is 1. The lowest BCUT2D eigenvalue weighted by Gasteiger charge is -2.34. The number of nitrogens with one attached hydrogen (secondary N) is 1. The Kier molecular flexibility index (Phi) is 4.95. The quantitative estimate of drug-likeness (QED) is 0.613. The van der Waals surface area contributed by atoms with Gasteiger partial charge in [0.1, 0.15) is 5.69 Å². The Balaban J connectivity index is 2.10. The van der Waals surface area contributed by atoms with Gasteiger partial charge in [-0.05, 0) is 37.9 Å². The van der Waals surface area contributed by atoms with Crippen molar-refractivity contribution in [2.24, 2.45) is 0 Å². The van der Waals surface area contributed by atoms with Gasteiger partial charge in [-0.25, -0.2) is 0 Å². The van der Waals surface area contributed by atoms with Gasteiger partial charge in [-0.15, -0.1) is 0 Å². The number of nitro benzene ring substituents is 1. The summed E-state index contributed by atoms with van der Waals surface area (Å²) in [6, 6.07) is 6.08. The minimum absolute atomic E-state index is 0.161. The highest BCUT2D eigenvalue weighted by Crippen LogP contribution is 2.28. The molecule has 1 aliphatic carbocycles. The van der Waals surface area contributed by atoms with E-state index >= 15 is 0 Å². The van der Waals surface area contributed by atoms with Crippen molar-refractivity contribution in [1.82, 2.24) is 4.90 Å². The van der Waals surface area contributed by atoms with E-state index in [0.29, 0.717) is 11.7 Å². The first-order valence-corrected chi connectivity index (χ1v) is 7.33. The highest BCUT2D eigenvalue weighted by atomic mass is 16.6. The summed E-state index contributed by atoms with van der Waals surface area (Å²) in [4.78, 5) is 13.1. The SMILES string of the molecule is CCCNc1cc(CN(C)C2CCC2)ccc1[N+](=O)[O-]. The molecule has 0 radical (unpaired) electrons. The van der Waals surface area contributed by atoms with Crippen LogP contribution in [0.5, 0.6) is 0 Å². The monoisotopic (exact) mass is 277 g/mol. The van der Waals surface area contributed by atoms with Crippen molar-refractivity contribution in [2.45, 2.75) is 45.2 Å². The van der Waals surface area contributed by atoms with E-state index in [0.717, 1.165) is 25.1 Å². The maximum Gasteiger partial charge on any atom is 0.292 e. The van der Waals surface area contributed by atoms with Crippen molar-refractivity contribution < 1.29 is 4.92 Å². The fourth-order valence-corrected chi connectivity index (χ4v) is 2.49. The molecule has 0 unspecified atom stereocenters. The van der Waals surface area contributed by atoms with Crippen LogP contribution >= 0.6 is 0 Å². The number of rotatable bonds is 7. The van der Waals surface area contributed by atoms with E-state index in [1.54, 1.807) is 6.07 Å². The van der Waals surface area contributed by atoms with Crippen LogP contribution < -0.4 is 5.32 Å². The van der Waals surface area contributed by atoms with E-state index in [1.807, 2.05) is 19.1 Å². The van der Waals surface area contributed by atoms with Crippen LogP contribution in [0.15, 0.2) is 18.2 Å². The molecule has 5 nitrogen and oxygen atoms in total. The second-order valence-electron chi connectivity index (χ2n) is 5.54. The maximum atomic E-state index is 11.0. The lowest BCUT2D eigenvalue weighted by Crippen LogP contribution is -2.36. The third kappa shape index (κ3) is 3.48. The average molecular weight is 277 g/mol. The molecule has 0 aromatic heterocycles. The first-order chi connectivity index (χ1) is 9.61. The smallest absolute Gasteiger partial charge is 0.292 e. The molecule has 0 aliphatic heterocycles. The topological polar surface area (TPSA) is 58.4 Å². The van der Waals surface area contributed by atoms with Crippen LogP contribution in [0.2, 0.25) is 0 Å². The number of benzene rings is 1. The van der Waals surface area contributed by atoms with Gasteiger partial charge in [-0.1, -0.05) is 19.4 Å². The molecule has 1 saturated carbocycles. The average Bonchev–Trinajstić information content (AvgIpc) is 2.33. The van der Waals surface area contributed by atoms with E-state index in [-0.39, 0.29) is 10.6 Å². The molecule has 2 rings (SSSR count). The summed E-state index contributed by atoms with van der Waals surface area (Å²) in [5.74, 6) is 0. The predicted octanol–water partition coefficient (Wildman–Crippen LogP) is 3.40. The molecule has 1 aliphatic rings. The van der Waals surface area contributed by atoms with Gasteiger partial charge in [0.2, 0.25) is 0 Å². The maximum absolute atomic E-state index is 11.0. The van der Waals surface area contributed by atoms with Crippen molar-refractivity contribution in [2.75, 3.05) is 18.9 Å². The lowest BCUT2D eigenvalue weighted by molar-refractivity contribution is -0.384. The molecule has 0 spiro atoms. The molecular formula is C15H23N3O2. The van der Waals surface area contributed by atoms with Crippen LogP contribution in [0.4, 0.5) is 11.4 Å². The fraction of sp³-hybridized carbons (Fsp3) is 0.600. The summed E-state index contributed by atoms with van der Waals surface area (Å²) in [5.41, 5.74) is 1.92. The molecular weight excluding hydrogens is 254 g/mol. The number of hydrogen-bond donors (Lipinski definition) is 1. The zero-order valence-electron chi connectivity index (χ0n) is 12.3. The molecule has 0 bridgehead atoms. The van der Waals surface area contributed by atoms with Crippen molar-refractivity contribution >= 4 is 11.4 Å². The van der Waals surface area contributed by atoms with Crippen LogP contribution in [0, 0.1) is 10.1 Å². The Morgan fingerprint density at radius 2 is 2.20 bits per heavy atom. The van der Waals surface area contributed by atoms with Crippen LogP contribution in [-0.4, -0.2) is 29.5 Å².